The van der Waals surface area contributed by atoms with Crippen LogP contribution in [-0.2, 0) is 14.8 Å². The van der Waals surface area contributed by atoms with E-state index in [1.807, 2.05) is 0 Å². The Hall–Kier alpha value is -2.11. The zero-order valence-electron chi connectivity index (χ0n) is 10.7. The van der Waals surface area contributed by atoms with E-state index in [4.69, 9.17) is 4.74 Å². The lowest BCUT2D eigenvalue weighted by Crippen LogP contribution is -2.40. The van der Waals surface area contributed by atoms with Crippen LogP contribution in [0, 0.1) is 20.2 Å². The van der Waals surface area contributed by atoms with Crippen molar-refractivity contribution in [1.29, 1.82) is 0 Å². The third kappa shape index (κ3) is 2.99. The van der Waals surface area contributed by atoms with Crippen molar-refractivity contribution >= 4 is 21.4 Å². The first-order chi connectivity index (χ1) is 9.84. The second-order valence-corrected chi connectivity index (χ2v) is 6.09. The fourth-order valence-electron chi connectivity index (χ4n) is 1.91. The first kappa shape index (κ1) is 15.3. The number of ether oxygens (including phenoxy) is 1. The quantitative estimate of drug-likeness (QED) is 0.584. The van der Waals surface area contributed by atoms with Crippen molar-refractivity contribution < 1.29 is 23.0 Å². The van der Waals surface area contributed by atoms with Gasteiger partial charge in [-0.25, -0.2) is 8.42 Å². The Morgan fingerprint density at radius 1 is 1.10 bits per heavy atom. The second-order valence-electron chi connectivity index (χ2n) is 4.18. The molecule has 0 bridgehead atoms. The van der Waals surface area contributed by atoms with Crippen molar-refractivity contribution in [1.82, 2.24) is 4.31 Å². The van der Waals surface area contributed by atoms with E-state index in [0.717, 1.165) is 16.4 Å². The van der Waals surface area contributed by atoms with Gasteiger partial charge in [0.25, 0.3) is 11.4 Å². The van der Waals surface area contributed by atoms with E-state index in [2.05, 4.69) is 0 Å². The molecule has 1 saturated heterocycles. The number of nitro benzene ring substituents is 2. The average Bonchev–Trinajstić information content (AvgIpc) is 2.47. The molecule has 1 heterocycles. The fraction of sp³-hybridized carbons (Fsp3) is 0.400. The molecule has 0 saturated carbocycles. The molecule has 0 N–H and O–H groups in total. The summed E-state index contributed by atoms with van der Waals surface area (Å²) in [7, 11) is -4.09. The van der Waals surface area contributed by atoms with Gasteiger partial charge in [0.2, 0.25) is 10.0 Å². The Bertz CT molecular complexity index is 682. The molecule has 1 aliphatic rings. The summed E-state index contributed by atoms with van der Waals surface area (Å²) in [4.78, 5) is 19.3. The third-order valence-corrected chi connectivity index (χ3v) is 4.88. The number of benzene rings is 1. The maximum absolute atomic E-state index is 12.4. The highest BCUT2D eigenvalue weighted by molar-refractivity contribution is 7.89. The highest BCUT2D eigenvalue weighted by Crippen LogP contribution is 2.30. The molecule has 0 aliphatic carbocycles. The number of nitro groups is 2. The lowest BCUT2D eigenvalue weighted by atomic mass is 10.3. The van der Waals surface area contributed by atoms with Gasteiger partial charge in [-0.1, -0.05) is 0 Å². The summed E-state index contributed by atoms with van der Waals surface area (Å²) in [6.07, 6.45) is 0. The number of morpholine rings is 1. The van der Waals surface area contributed by atoms with E-state index in [9.17, 15) is 28.6 Å². The monoisotopic (exact) mass is 317 g/mol. The topological polar surface area (TPSA) is 133 Å². The molecule has 0 radical (unpaired) electrons. The Balaban J connectivity index is 2.51. The Morgan fingerprint density at radius 3 is 2.24 bits per heavy atom. The van der Waals surface area contributed by atoms with Gasteiger partial charge in [0, 0.05) is 19.2 Å². The molecular formula is C10H11N3O7S. The van der Waals surface area contributed by atoms with Gasteiger partial charge in [-0.3, -0.25) is 20.2 Å². The van der Waals surface area contributed by atoms with Gasteiger partial charge in [-0.15, -0.1) is 0 Å². The van der Waals surface area contributed by atoms with E-state index < -0.39 is 36.1 Å². The minimum absolute atomic E-state index is 0.0798. The zero-order valence-corrected chi connectivity index (χ0v) is 11.5. The van der Waals surface area contributed by atoms with Crippen molar-refractivity contribution in [2.45, 2.75) is 4.90 Å². The van der Waals surface area contributed by atoms with Crippen LogP contribution in [-0.4, -0.2) is 48.9 Å². The molecule has 21 heavy (non-hydrogen) atoms. The molecular weight excluding hydrogens is 306 g/mol. The summed E-state index contributed by atoms with van der Waals surface area (Å²) in [5.74, 6) is 0. The fourth-order valence-corrected chi connectivity index (χ4v) is 3.45. The summed E-state index contributed by atoms with van der Waals surface area (Å²) in [6.45, 7) is 0.549. The van der Waals surface area contributed by atoms with Crippen LogP contribution in [0.5, 0.6) is 0 Å². The van der Waals surface area contributed by atoms with Crippen LogP contribution in [0.15, 0.2) is 23.1 Å². The van der Waals surface area contributed by atoms with Gasteiger partial charge in [0.1, 0.15) is 0 Å². The van der Waals surface area contributed by atoms with Gasteiger partial charge in [0.05, 0.1) is 29.1 Å². The summed E-state index contributed by atoms with van der Waals surface area (Å²) < 4.78 is 30.9. The second kappa shape index (κ2) is 5.71. The van der Waals surface area contributed by atoms with Gasteiger partial charge in [-0.2, -0.15) is 4.31 Å². The molecule has 1 aromatic rings. The number of hydrogen-bond acceptors (Lipinski definition) is 7. The number of nitrogens with zero attached hydrogens (tertiary/aromatic N) is 3. The molecule has 11 heteroatoms. The Kier molecular flexibility index (Phi) is 4.16. The highest BCUT2D eigenvalue weighted by Gasteiger charge is 2.34. The van der Waals surface area contributed by atoms with Gasteiger partial charge in [0.15, 0.2) is 4.90 Å². The summed E-state index contributed by atoms with van der Waals surface area (Å²) in [5.41, 5.74) is -1.35. The molecule has 114 valence electrons. The number of hydrogen-bond donors (Lipinski definition) is 0. The van der Waals surface area contributed by atoms with Crippen LogP contribution >= 0.6 is 0 Å². The van der Waals surface area contributed by atoms with E-state index in [1.54, 1.807) is 0 Å². The zero-order chi connectivity index (χ0) is 15.6. The Morgan fingerprint density at radius 2 is 1.71 bits per heavy atom. The van der Waals surface area contributed by atoms with Crippen molar-refractivity contribution in [3.05, 3.63) is 38.4 Å². The van der Waals surface area contributed by atoms with Crippen molar-refractivity contribution in [3.63, 3.8) is 0 Å². The van der Waals surface area contributed by atoms with Crippen LogP contribution in [0.2, 0.25) is 0 Å². The van der Waals surface area contributed by atoms with E-state index in [1.165, 1.54) is 0 Å². The number of non-ortho nitro benzene ring substituents is 1. The van der Waals surface area contributed by atoms with Crippen LogP contribution in [0.3, 0.4) is 0 Å². The van der Waals surface area contributed by atoms with Crippen LogP contribution < -0.4 is 0 Å². The van der Waals surface area contributed by atoms with Crippen molar-refractivity contribution in [3.8, 4) is 0 Å². The van der Waals surface area contributed by atoms with Gasteiger partial charge >= 0.3 is 0 Å². The molecule has 0 amide bonds. The summed E-state index contributed by atoms with van der Waals surface area (Å²) >= 11 is 0. The lowest BCUT2D eigenvalue weighted by molar-refractivity contribution is -0.396. The van der Waals surface area contributed by atoms with Gasteiger partial charge in [-0.05, 0) is 6.07 Å². The van der Waals surface area contributed by atoms with Crippen LogP contribution in [0.1, 0.15) is 0 Å². The molecule has 0 atom stereocenters. The normalized spacial score (nSPS) is 16.6. The molecule has 0 unspecified atom stereocenters. The maximum Gasteiger partial charge on any atom is 0.296 e. The number of sulfonamides is 1. The predicted molar refractivity (Wildman–Crippen MR) is 69.3 cm³/mol. The Labute approximate surface area is 119 Å². The first-order valence-electron chi connectivity index (χ1n) is 5.85. The van der Waals surface area contributed by atoms with Crippen molar-refractivity contribution in [2.24, 2.45) is 0 Å². The molecule has 0 aromatic heterocycles. The minimum Gasteiger partial charge on any atom is -0.379 e. The van der Waals surface area contributed by atoms with Crippen LogP contribution in [0.25, 0.3) is 0 Å². The van der Waals surface area contributed by atoms with E-state index in [-0.39, 0.29) is 26.3 Å². The molecule has 1 fully saturated rings. The standard InChI is InChI=1S/C10H11N3O7S/c14-12(15)8-1-2-10(9(7-8)13(16)17)21(18,19)11-3-5-20-6-4-11/h1-2,7H,3-6H2. The molecule has 2 rings (SSSR count). The van der Waals surface area contributed by atoms with Crippen molar-refractivity contribution in [2.75, 3.05) is 26.3 Å². The number of rotatable bonds is 4. The lowest BCUT2D eigenvalue weighted by Gasteiger charge is -2.25. The highest BCUT2D eigenvalue weighted by atomic mass is 32.2. The molecule has 10 nitrogen and oxygen atoms in total. The minimum atomic E-state index is -4.09. The van der Waals surface area contributed by atoms with E-state index in [0.29, 0.717) is 6.07 Å². The molecule has 1 aliphatic heterocycles. The first-order valence-corrected chi connectivity index (χ1v) is 7.29. The average molecular weight is 317 g/mol. The largest absolute Gasteiger partial charge is 0.379 e. The van der Waals surface area contributed by atoms with Gasteiger partial charge < -0.3 is 4.74 Å². The molecule has 0 spiro atoms. The smallest absolute Gasteiger partial charge is 0.296 e. The summed E-state index contributed by atoms with van der Waals surface area (Å²) in [5, 5.41) is 21.6. The maximum atomic E-state index is 12.4. The summed E-state index contributed by atoms with van der Waals surface area (Å²) in [6, 6.07) is 2.47. The van der Waals surface area contributed by atoms with Crippen LogP contribution in [0.4, 0.5) is 11.4 Å². The third-order valence-electron chi connectivity index (χ3n) is 2.94. The van der Waals surface area contributed by atoms with E-state index >= 15 is 0 Å². The molecule has 1 aromatic carbocycles. The SMILES string of the molecule is O=[N+]([O-])c1ccc(S(=O)(=O)N2CCOCC2)c([N+](=O)[O-])c1. The predicted octanol–water partition coefficient (Wildman–Crippen LogP) is 0.524.